The van der Waals surface area contributed by atoms with Crippen LogP contribution in [0.3, 0.4) is 0 Å². The molecule has 1 fully saturated rings. The zero-order valence-corrected chi connectivity index (χ0v) is 21.9. The Bertz CT molecular complexity index is 1040. The molecule has 0 bridgehead atoms. The van der Waals surface area contributed by atoms with Crippen LogP contribution in [0.4, 0.5) is 10.6 Å². The van der Waals surface area contributed by atoms with Crippen molar-refractivity contribution in [1.29, 1.82) is 0 Å². The van der Waals surface area contributed by atoms with Gasteiger partial charge in [-0.15, -0.1) is 0 Å². The van der Waals surface area contributed by atoms with E-state index in [0.717, 1.165) is 4.57 Å². The van der Waals surface area contributed by atoms with E-state index >= 15 is 0 Å². The summed E-state index contributed by atoms with van der Waals surface area (Å²) in [6.45, 7) is 6.73. The SMILES string of the molecule is CCOC(=O)OC(C)OP(=O)(NC(C)C(=O)OC(C)C)OCC1OC(n2ccc(N)nc2=O)C(O)C1O. The van der Waals surface area contributed by atoms with Gasteiger partial charge in [-0.25, -0.2) is 19.2 Å². The van der Waals surface area contributed by atoms with E-state index in [9.17, 15) is 29.2 Å². The van der Waals surface area contributed by atoms with Crippen molar-refractivity contribution in [3.05, 3.63) is 22.7 Å². The van der Waals surface area contributed by atoms with Crippen LogP contribution < -0.4 is 16.5 Å². The molecule has 0 radical (unpaired) electrons. The van der Waals surface area contributed by atoms with Gasteiger partial charge in [0.1, 0.15) is 30.2 Å². The fourth-order valence-electron chi connectivity index (χ4n) is 3.11. The fraction of sp³-hybridized carbons (Fsp3) is 0.700. The lowest BCUT2D eigenvalue weighted by molar-refractivity contribution is -0.149. The first-order valence-electron chi connectivity index (χ1n) is 11.4. The maximum atomic E-state index is 13.5. The van der Waals surface area contributed by atoms with Gasteiger partial charge in [-0.2, -0.15) is 4.98 Å². The van der Waals surface area contributed by atoms with Gasteiger partial charge in [-0.3, -0.25) is 18.4 Å². The van der Waals surface area contributed by atoms with E-state index in [1.54, 1.807) is 20.8 Å². The Balaban J connectivity index is 2.16. The number of aliphatic hydroxyl groups is 2. The first kappa shape index (κ1) is 30.6. The number of anilines is 1. The van der Waals surface area contributed by atoms with Crippen LogP contribution in [0.15, 0.2) is 17.1 Å². The molecule has 16 nitrogen and oxygen atoms in total. The van der Waals surface area contributed by atoms with Crippen molar-refractivity contribution in [2.45, 2.75) is 77.6 Å². The lowest BCUT2D eigenvalue weighted by atomic mass is 10.1. The van der Waals surface area contributed by atoms with Gasteiger partial charge in [0.15, 0.2) is 6.23 Å². The average molecular weight is 552 g/mol. The first-order chi connectivity index (χ1) is 17.3. The molecule has 1 aromatic heterocycles. The topological polar surface area (TPSA) is 220 Å². The summed E-state index contributed by atoms with van der Waals surface area (Å²) in [7, 11) is -4.46. The average Bonchev–Trinajstić information content (AvgIpc) is 3.05. The van der Waals surface area contributed by atoms with E-state index in [-0.39, 0.29) is 12.4 Å². The standard InChI is InChI=1S/C20H33N4O12P/c1-6-31-20(29)34-12(5)36-37(30,23-11(4)18(27)33-10(2)3)32-9-13-15(25)16(26)17(35-13)24-8-7-14(21)22-19(24)28/h7-8,10-13,15-17,25-26H,6,9H2,1-5H3,(H,23,30)(H2,21,22,28). The van der Waals surface area contributed by atoms with Crippen LogP contribution >= 0.6 is 7.75 Å². The summed E-state index contributed by atoms with van der Waals surface area (Å²) in [5.74, 6) is -0.827. The van der Waals surface area contributed by atoms with E-state index in [2.05, 4.69) is 14.8 Å². The normalized spacial score (nSPS) is 24.8. The largest absolute Gasteiger partial charge is 0.510 e. The summed E-state index contributed by atoms with van der Waals surface area (Å²) < 4.78 is 45.1. The number of rotatable bonds is 12. The molecule has 7 unspecified atom stereocenters. The van der Waals surface area contributed by atoms with Crippen molar-refractivity contribution < 1.29 is 52.4 Å². The number of carbonyl (C=O) groups is 2. The van der Waals surface area contributed by atoms with Crippen molar-refractivity contribution in [2.75, 3.05) is 18.9 Å². The van der Waals surface area contributed by atoms with Crippen LogP contribution in [0.5, 0.6) is 0 Å². The molecule has 0 aliphatic carbocycles. The van der Waals surface area contributed by atoms with Gasteiger partial charge < -0.3 is 34.9 Å². The zero-order valence-electron chi connectivity index (χ0n) is 21.0. The van der Waals surface area contributed by atoms with Gasteiger partial charge in [0, 0.05) is 6.20 Å². The third-order valence-electron chi connectivity index (χ3n) is 4.74. The summed E-state index contributed by atoms with van der Waals surface area (Å²) in [5.41, 5.74) is 4.63. The van der Waals surface area contributed by atoms with E-state index < -0.39 is 75.1 Å². The summed E-state index contributed by atoms with van der Waals surface area (Å²) in [6, 6.07) is 0.0950. The summed E-state index contributed by atoms with van der Waals surface area (Å²) in [6.07, 6.45) is -7.63. The molecule has 210 valence electrons. The third kappa shape index (κ3) is 8.74. The van der Waals surface area contributed by atoms with Crippen molar-refractivity contribution in [3.8, 4) is 0 Å². The van der Waals surface area contributed by atoms with Crippen LogP contribution in [-0.4, -0.2) is 81.9 Å². The monoisotopic (exact) mass is 552 g/mol. The number of nitrogens with zero attached hydrogens (tertiary/aromatic N) is 2. The highest BCUT2D eigenvalue weighted by molar-refractivity contribution is 7.51. The van der Waals surface area contributed by atoms with Crippen LogP contribution in [0.1, 0.15) is 40.8 Å². The number of carbonyl (C=O) groups excluding carboxylic acids is 2. The minimum atomic E-state index is -4.46. The predicted molar refractivity (Wildman–Crippen MR) is 125 cm³/mol. The molecular formula is C20H33N4O12P. The highest BCUT2D eigenvalue weighted by atomic mass is 31.2. The summed E-state index contributed by atoms with van der Waals surface area (Å²) in [4.78, 5) is 39.5. The van der Waals surface area contributed by atoms with Crippen LogP contribution in [0.25, 0.3) is 0 Å². The molecule has 1 aromatic rings. The van der Waals surface area contributed by atoms with E-state index in [0.29, 0.717) is 0 Å². The maximum absolute atomic E-state index is 13.5. The summed E-state index contributed by atoms with van der Waals surface area (Å²) >= 11 is 0. The molecule has 1 saturated heterocycles. The molecule has 37 heavy (non-hydrogen) atoms. The molecule has 1 aliphatic heterocycles. The van der Waals surface area contributed by atoms with E-state index in [1.165, 1.54) is 26.1 Å². The number of ether oxygens (including phenoxy) is 4. The molecule has 7 atom stereocenters. The third-order valence-corrected chi connectivity index (χ3v) is 6.51. The van der Waals surface area contributed by atoms with Crippen LogP contribution in [-0.2, 0) is 37.4 Å². The van der Waals surface area contributed by atoms with Crippen molar-refractivity contribution in [1.82, 2.24) is 14.6 Å². The number of aliphatic hydroxyl groups excluding tert-OH is 2. The van der Waals surface area contributed by atoms with Gasteiger partial charge in [0.2, 0.25) is 6.29 Å². The molecule has 2 rings (SSSR count). The van der Waals surface area contributed by atoms with Gasteiger partial charge in [0.05, 0.1) is 19.3 Å². The lowest BCUT2D eigenvalue weighted by Crippen LogP contribution is -2.38. The Morgan fingerprint density at radius 2 is 1.92 bits per heavy atom. The summed E-state index contributed by atoms with van der Waals surface area (Å²) in [5, 5.41) is 23.2. The molecular weight excluding hydrogens is 519 g/mol. The molecule has 0 amide bonds. The Morgan fingerprint density at radius 3 is 2.51 bits per heavy atom. The van der Waals surface area contributed by atoms with Crippen molar-refractivity contribution in [2.24, 2.45) is 0 Å². The fourth-order valence-corrected chi connectivity index (χ4v) is 4.67. The highest BCUT2D eigenvalue weighted by Gasteiger charge is 2.46. The number of hydrogen-bond donors (Lipinski definition) is 4. The number of aromatic nitrogens is 2. The number of hydrogen-bond acceptors (Lipinski definition) is 14. The number of nitrogen functional groups attached to an aromatic ring is 1. The Morgan fingerprint density at radius 1 is 1.24 bits per heavy atom. The molecule has 0 saturated carbocycles. The minimum Gasteiger partial charge on any atom is -0.462 e. The quantitative estimate of drug-likeness (QED) is 0.153. The highest BCUT2D eigenvalue weighted by Crippen LogP contribution is 2.47. The molecule has 5 N–H and O–H groups in total. The number of nitrogens with one attached hydrogen (secondary N) is 1. The lowest BCUT2D eigenvalue weighted by Gasteiger charge is -2.26. The molecule has 0 aromatic carbocycles. The Kier molecular flexibility index (Phi) is 11.0. The predicted octanol–water partition coefficient (Wildman–Crippen LogP) is 0.0348. The van der Waals surface area contributed by atoms with Crippen LogP contribution in [0.2, 0.25) is 0 Å². The van der Waals surface area contributed by atoms with E-state index in [1.807, 2.05) is 0 Å². The second-order valence-electron chi connectivity index (χ2n) is 8.19. The molecule has 17 heteroatoms. The number of nitrogens with two attached hydrogens (primary N) is 1. The van der Waals surface area contributed by atoms with Gasteiger partial charge in [-0.05, 0) is 40.7 Å². The Labute approximate surface area is 212 Å². The van der Waals surface area contributed by atoms with Gasteiger partial charge in [-0.1, -0.05) is 0 Å². The minimum absolute atomic E-state index is 0.0169. The van der Waals surface area contributed by atoms with E-state index in [4.69, 9.17) is 29.0 Å². The second kappa shape index (κ2) is 13.3. The van der Waals surface area contributed by atoms with Crippen molar-refractivity contribution in [3.63, 3.8) is 0 Å². The molecule has 2 heterocycles. The second-order valence-corrected chi connectivity index (χ2v) is 9.91. The number of esters is 1. The molecule has 0 spiro atoms. The smallest absolute Gasteiger partial charge is 0.462 e. The Hall–Kier alpha value is -2.59. The van der Waals surface area contributed by atoms with Gasteiger partial charge in [0.25, 0.3) is 0 Å². The van der Waals surface area contributed by atoms with Crippen molar-refractivity contribution >= 4 is 25.7 Å². The first-order valence-corrected chi connectivity index (χ1v) is 12.9. The maximum Gasteiger partial charge on any atom is 0.510 e. The molecule has 1 aliphatic rings. The van der Waals surface area contributed by atoms with Gasteiger partial charge >= 0.3 is 25.6 Å². The zero-order chi connectivity index (χ0) is 27.9. The van der Waals surface area contributed by atoms with Crippen LogP contribution in [0, 0.1) is 0 Å².